The van der Waals surface area contributed by atoms with Crippen molar-refractivity contribution in [3.63, 3.8) is 0 Å². The number of rotatable bonds is 8. The molecule has 0 amide bonds. The Hall–Kier alpha value is -1.06. The van der Waals surface area contributed by atoms with Crippen LogP contribution in [0.4, 0.5) is 0 Å². The van der Waals surface area contributed by atoms with E-state index in [-0.39, 0.29) is 0 Å². The average molecular weight is 264 g/mol. The normalized spacial score (nSPS) is 11.1. The molecule has 0 unspecified atom stereocenters. The molecule has 0 fully saturated rings. The number of methoxy groups -OCH3 is 1. The van der Waals surface area contributed by atoms with Crippen molar-refractivity contribution in [2.24, 2.45) is 0 Å². The molecule has 0 aliphatic carbocycles. The van der Waals surface area contributed by atoms with E-state index in [9.17, 15) is 0 Å². The fourth-order valence-electron chi connectivity index (χ4n) is 2.46. The van der Waals surface area contributed by atoms with Crippen LogP contribution in [-0.4, -0.2) is 45.7 Å². The summed E-state index contributed by atoms with van der Waals surface area (Å²) in [5, 5.41) is 3.18. The van der Waals surface area contributed by atoms with Crippen molar-refractivity contribution >= 4 is 0 Å². The van der Waals surface area contributed by atoms with E-state index >= 15 is 0 Å². The molecule has 0 aliphatic rings. The van der Waals surface area contributed by atoms with Crippen LogP contribution >= 0.6 is 0 Å². The maximum Gasteiger partial charge on any atom is 0.124 e. The minimum atomic E-state index is 1.02. The highest BCUT2D eigenvalue weighted by Gasteiger charge is 2.06. The van der Waals surface area contributed by atoms with Crippen molar-refractivity contribution in [3.8, 4) is 5.75 Å². The van der Waals surface area contributed by atoms with Crippen LogP contribution in [0.3, 0.4) is 0 Å². The summed E-state index contributed by atoms with van der Waals surface area (Å²) in [6, 6.07) is 4.49. The van der Waals surface area contributed by atoms with E-state index in [1.165, 1.54) is 23.1 Å². The van der Waals surface area contributed by atoms with Gasteiger partial charge in [0.25, 0.3) is 0 Å². The van der Waals surface area contributed by atoms with Gasteiger partial charge in [-0.1, -0.05) is 12.1 Å². The Morgan fingerprint density at radius 2 is 1.79 bits per heavy atom. The summed E-state index contributed by atoms with van der Waals surface area (Å²) >= 11 is 0. The Kier molecular flexibility index (Phi) is 6.89. The third kappa shape index (κ3) is 5.21. The van der Waals surface area contributed by atoms with E-state index in [1.54, 1.807) is 7.11 Å². The lowest BCUT2D eigenvalue weighted by atomic mass is 10.0. The van der Waals surface area contributed by atoms with Gasteiger partial charge in [0.05, 0.1) is 7.11 Å². The molecular formula is C16H28N2O. The van der Waals surface area contributed by atoms with Gasteiger partial charge in [0.2, 0.25) is 0 Å². The number of hydrogen-bond acceptors (Lipinski definition) is 3. The van der Waals surface area contributed by atoms with Crippen LogP contribution in [0.25, 0.3) is 0 Å². The van der Waals surface area contributed by atoms with Gasteiger partial charge in [0.1, 0.15) is 5.75 Å². The molecular weight excluding hydrogens is 236 g/mol. The fraction of sp³-hybridized carbons (Fsp3) is 0.625. The molecule has 0 bridgehead atoms. The van der Waals surface area contributed by atoms with Gasteiger partial charge in [-0.25, -0.2) is 0 Å². The molecule has 0 atom stereocenters. The largest absolute Gasteiger partial charge is 0.496 e. The molecule has 108 valence electrons. The summed E-state index contributed by atoms with van der Waals surface area (Å²) < 4.78 is 5.40. The zero-order valence-electron chi connectivity index (χ0n) is 13.0. The Morgan fingerprint density at radius 1 is 1.16 bits per heavy atom. The summed E-state index contributed by atoms with van der Waals surface area (Å²) in [7, 11) is 5.94. The highest BCUT2D eigenvalue weighted by atomic mass is 16.5. The van der Waals surface area contributed by atoms with Gasteiger partial charge in [-0.15, -0.1) is 0 Å². The van der Waals surface area contributed by atoms with Crippen molar-refractivity contribution in [2.45, 2.75) is 26.7 Å². The molecule has 0 spiro atoms. The molecule has 0 aromatic heterocycles. The molecule has 0 radical (unpaired) electrons. The maximum absolute atomic E-state index is 5.40. The molecule has 0 saturated carbocycles. The van der Waals surface area contributed by atoms with Gasteiger partial charge in [-0.05, 0) is 70.6 Å². The molecule has 0 saturated heterocycles. The van der Waals surface area contributed by atoms with E-state index in [0.717, 1.165) is 31.8 Å². The highest BCUT2D eigenvalue weighted by Crippen LogP contribution is 2.24. The number of aryl methyl sites for hydroxylation is 2. The monoisotopic (exact) mass is 264 g/mol. The number of likely N-dealkylation sites (N-methyl/N-ethyl adjacent to an activating group) is 1. The van der Waals surface area contributed by atoms with Crippen molar-refractivity contribution in [1.82, 2.24) is 10.2 Å². The van der Waals surface area contributed by atoms with E-state index in [4.69, 9.17) is 4.74 Å². The number of ether oxygens (including phenoxy) is 1. The van der Waals surface area contributed by atoms with Crippen LogP contribution in [0.2, 0.25) is 0 Å². The first kappa shape index (κ1) is 16.0. The maximum atomic E-state index is 5.40. The zero-order valence-corrected chi connectivity index (χ0v) is 13.0. The standard InChI is InChI=1S/C16H28N2O/c1-13-11-15(12-14(2)16(13)19-5)7-10-18(4)9-6-8-17-3/h11-12,17H,6-10H2,1-5H3. The molecule has 19 heavy (non-hydrogen) atoms. The number of benzene rings is 1. The van der Waals surface area contributed by atoms with Crippen molar-refractivity contribution in [1.29, 1.82) is 0 Å². The van der Waals surface area contributed by atoms with Gasteiger partial charge in [0, 0.05) is 6.54 Å². The van der Waals surface area contributed by atoms with Crippen LogP contribution in [0.1, 0.15) is 23.1 Å². The Labute approximate surface area is 118 Å². The molecule has 0 aliphatic heterocycles. The second kappa shape index (κ2) is 8.18. The zero-order chi connectivity index (χ0) is 14.3. The van der Waals surface area contributed by atoms with Gasteiger partial charge in [-0.3, -0.25) is 0 Å². The van der Waals surface area contributed by atoms with Gasteiger partial charge in [-0.2, -0.15) is 0 Å². The molecule has 1 aromatic rings. The van der Waals surface area contributed by atoms with Crippen molar-refractivity contribution in [3.05, 3.63) is 28.8 Å². The molecule has 1 aromatic carbocycles. The minimum absolute atomic E-state index is 1.02. The van der Waals surface area contributed by atoms with Gasteiger partial charge >= 0.3 is 0 Å². The lowest BCUT2D eigenvalue weighted by molar-refractivity contribution is 0.332. The summed E-state index contributed by atoms with van der Waals surface area (Å²) in [4.78, 5) is 2.40. The van der Waals surface area contributed by atoms with Crippen LogP contribution in [0.5, 0.6) is 5.75 Å². The first-order valence-corrected chi connectivity index (χ1v) is 7.05. The number of nitrogens with one attached hydrogen (secondary N) is 1. The first-order chi connectivity index (χ1) is 9.08. The van der Waals surface area contributed by atoms with Crippen LogP contribution < -0.4 is 10.1 Å². The van der Waals surface area contributed by atoms with Gasteiger partial charge < -0.3 is 15.0 Å². The summed E-state index contributed by atoms with van der Waals surface area (Å²) in [5.74, 6) is 1.02. The second-order valence-corrected chi connectivity index (χ2v) is 5.27. The summed E-state index contributed by atoms with van der Waals surface area (Å²) in [5.41, 5.74) is 3.86. The van der Waals surface area contributed by atoms with Crippen LogP contribution in [-0.2, 0) is 6.42 Å². The lowest BCUT2D eigenvalue weighted by Gasteiger charge is -2.17. The Morgan fingerprint density at radius 3 is 2.32 bits per heavy atom. The molecule has 3 nitrogen and oxygen atoms in total. The third-order valence-corrected chi connectivity index (χ3v) is 3.47. The predicted molar refractivity (Wildman–Crippen MR) is 82.2 cm³/mol. The quantitative estimate of drug-likeness (QED) is 0.730. The lowest BCUT2D eigenvalue weighted by Crippen LogP contribution is -2.25. The molecule has 0 heterocycles. The van der Waals surface area contributed by atoms with E-state index in [2.05, 4.69) is 43.2 Å². The predicted octanol–water partition coefficient (Wildman–Crippen LogP) is 2.40. The third-order valence-electron chi connectivity index (χ3n) is 3.47. The van der Waals surface area contributed by atoms with Crippen molar-refractivity contribution in [2.75, 3.05) is 40.8 Å². The number of hydrogen-bond donors (Lipinski definition) is 1. The van der Waals surface area contributed by atoms with Crippen LogP contribution in [0, 0.1) is 13.8 Å². The number of nitrogens with zero attached hydrogens (tertiary/aromatic N) is 1. The van der Waals surface area contributed by atoms with Crippen molar-refractivity contribution < 1.29 is 4.74 Å². The topological polar surface area (TPSA) is 24.5 Å². The SMILES string of the molecule is CNCCCN(C)CCc1cc(C)c(OC)c(C)c1. The van der Waals surface area contributed by atoms with Crippen LogP contribution in [0.15, 0.2) is 12.1 Å². The summed E-state index contributed by atoms with van der Waals surface area (Å²) in [6.07, 6.45) is 2.30. The highest BCUT2D eigenvalue weighted by molar-refractivity contribution is 5.43. The molecule has 1 N–H and O–H groups in total. The van der Waals surface area contributed by atoms with E-state index < -0.39 is 0 Å². The van der Waals surface area contributed by atoms with E-state index in [0.29, 0.717) is 0 Å². The fourth-order valence-corrected chi connectivity index (χ4v) is 2.46. The average Bonchev–Trinajstić information content (AvgIpc) is 2.36. The first-order valence-electron chi connectivity index (χ1n) is 7.05. The molecule has 3 heteroatoms. The molecule has 1 rings (SSSR count). The second-order valence-electron chi connectivity index (χ2n) is 5.27. The smallest absolute Gasteiger partial charge is 0.124 e. The minimum Gasteiger partial charge on any atom is -0.496 e. The van der Waals surface area contributed by atoms with Gasteiger partial charge in [0.15, 0.2) is 0 Å². The summed E-state index contributed by atoms with van der Waals surface area (Å²) in [6.45, 7) is 7.58. The van der Waals surface area contributed by atoms with E-state index in [1.807, 2.05) is 7.05 Å². The Bertz CT molecular complexity index is 367. The Balaban J connectivity index is 2.49.